The zero-order valence-corrected chi connectivity index (χ0v) is 12.9. The summed E-state index contributed by atoms with van der Waals surface area (Å²) in [5.41, 5.74) is 0. The SMILES string of the molecule is Cl.O=C(C1CCCCO1)N1CCN(C2CCNC2)CC1. The highest BCUT2D eigenvalue weighted by Crippen LogP contribution is 2.17. The Labute approximate surface area is 127 Å². The predicted octanol–water partition coefficient (Wildman–Crippen LogP) is 0.483. The average molecular weight is 304 g/mol. The van der Waals surface area contributed by atoms with Gasteiger partial charge in [0.15, 0.2) is 0 Å². The minimum atomic E-state index is -0.159. The molecule has 1 amide bonds. The zero-order valence-electron chi connectivity index (χ0n) is 12.1. The van der Waals surface area contributed by atoms with Gasteiger partial charge in [-0.2, -0.15) is 0 Å². The summed E-state index contributed by atoms with van der Waals surface area (Å²) in [6.45, 7) is 6.78. The molecule has 2 unspecified atom stereocenters. The number of halogens is 1. The highest BCUT2D eigenvalue weighted by atomic mass is 35.5. The van der Waals surface area contributed by atoms with Gasteiger partial charge in [-0.3, -0.25) is 9.69 Å². The van der Waals surface area contributed by atoms with Gasteiger partial charge >= 0.3 is 0 Å². The number of piperazine rings is 1. The number of hydrogen-bond donors (Lipinski definition) is 1. The van der Waals surface area contributed by atoms with Crippen LogP contribution in [-0.4, -0.2) is 73.7 Å². The molecule has 3 fully saturated rings. The molecule has 3 rings (SSSR count). The molecule has 0 radical (unpaired) electrons. The maximum absolute atomic E-state index is 12.4. The fraction of sp³-hybridized carbons (Fsp3) is 0.929. The van der Waals surface area contributed by atoms with Crippen molar-refractivity contribution >= 4 is 18.3 Å². The lowest BCUT2D eigenvalue weighted by molar-refractivity contribution is -0.148. The Balaban J connectivity index is 0.00000147. The first-order valence-electron chi connectivity index (χ1n) is 7.70. The van der Waals surface area contributed by atoms with E-state index in [1.165, 1.54) is 6.42 Å². The van der Waals surface area contributed by atoms with Crippen LogP contribution in [0.25, 0.3) is 0 Å². The van der Waals surface area contributed by atoms with Gasteiger partial charge in [0.2, 0.25) is 0 Å². The summed E-state index contributed by atoms with van der Waals surface area (Å²) < 4.78 is 5.60. The van der Waals surface area contributed by atoms with E-state index in [4.69, 9.17) is 4.74 Å². The lowest BCUT2D eigenvalue weighted by Gasteiger charge is -2.39. The number of nitrogens with zero attached hydrogens (tertiary/aromatic N) is 2. The number of hydrogen-bond acceptors (Lipinski definition) is 4. The van der Waals surface area contributed by atoms with Crippen LogP contribution in [0.3, 0.4) is 0 Å². The predicted molar refractivity (Wildman–Crippen MR) is 80.3 cm³/mol. The Kier molecular flexibility index (Phi) is 6.08. The second-order valence-electron chi connectivity index (χ2n) is 5.86. The first kappa shape index (κ1) is 16.0. The van der Waals surface area contributed by atoms with Gasteiger partial charge < -0.3 is 15.0 Å². The second kappa shape index (κ2) is 7.59. The molecule has 3 saturated heterocycles. The Morgan fingerprint density at radius 1 is 1.10 bits per heavy atom. The van der Waals surface area contributed by atoms with Gasteiger partial charge in [-0.25, -0.2) is 0 Å². The van der Waals surface area contributed by atoms with Gasteiger partial charge in [-0.15, -0.1) is 12.4 Å². The van der Waals surface area contributed by atoms with Crippen molar-refractivity contribution in [3.05, 3.63) is 0 Å². The molecule has 20 heavy (non-hydrogen) atoms. The normalized spacial score (nSPS) is 31.9. The fourth-order valence-corrected chi connectivity index (χ4v) is 3.40. The van der Waals surface area contributed by atoms with Gasteiger partial charge in [0, 0.05) is 45.4 Å². The van der Waals surface area contributed by atoms with Gasteiger partial charge in [0.25, 0.3) is 5.91 Å². The van der Waals surface area contributed by atoms with E-state index in [0.717, 1.165) is 65.1 Å². The maximum Gasteiger partial charge on any atom is 0.251 e. The van der Waals surface area contributed by atoms with Crippen LogP contribution in [-0.2, 0) is 9.53 Å². The summed E-state index contributed by atoms with van der Waals surface area (Å²) >= 11 is 0. The maximum atomic E-state index is 12.4. The zero-order chi connectivity index (χ0) is 13.1. The van der Waals surface area contributed by atoms with E-state index in [9.17, 15) is 4.79 Å². The monoisotopic (exact) mass is 303 g/mol. The van der Waals surface area contributed by atoms with Crippen molar-refractivity contribution in [1.29, 1.82) is 0 Å². The number of ether oxygens (including phenoxy) is 1. The van der Waals surface area contributed by atoms with Crippen LogP contribution in [0.1, 0.15) is 25.7 Å². The molecule has 6 heteroatoms. The van der Waals surface area contributed by atoms with Gasteiger partial charge in [-0.1, -0.05) is 0 Å². The van der Waals surface area contributed by atoms with E-state index in [0.29, 0.717) is 6.04 Å². The molecule has 3 aliphatic rings. The smallest absolute Gasteiger partial charge is 0.251 e. The number of amides is 1. The number of carbonyl (C=O) groups is 1. The van der Waals surface area contributed by atoms with Crippen LogP contribution in [0.2, 0.25) is 0 Å². The van der Waals surface area contributed by atoms with Crippen molar-refractivity contribution in [2.45, 2.75) is 37.8 Å². The van der Waals surface area contributed by atoms with Crippen LogP contribution in [0, 0.1) is 0 Å². The lowest BCUT2D eigenvalue weighted by atomic mass is 10.1. The van der Waals surface area contributed by atoms with Crippen molar-refractivity contribution in [3.8, 4) is 0 Å². The van der Waals surface area contributed by atoms with E-state index in [1.807, 2.05) is 4.90 Å². The van der Waals surface area contributed by atoms with Crippen LogP contribution in [0.4, 0.5) is 0 Å². The van der Waals surface area contributed by atoms with Crippen LogP contribution >= 0.6 is 12.4 Å². The second-order valence-corrected chi connectivity index (χ2v) is 5.86. The number of rotatable bonds is 2. The van der Waals surface area contributed by atoms with Gasteiger partial charge in [0.1, 0.15) is 6.10 Å². The fourth-order valence-electron chi connectivity index (χ4n) is 3.40. The summed E-state index contributed by atoms with van der Waals surface area (Å²) in [7, 11) is 0. The summed E-state index contributed by atoms with van der Waals surface area (Å²) in [5, 5.41) is 3.41. The molecule has 0 saturated carbocycles. The van der Waals surface area contributed by atoms with Crippen LogP contribution < -0.4 is 5.32 Å². The summed E-state index contributed by atoms with van der Waals surface area (Å²) in [6, 6.07) is 0.684. The van der Waals surface area contributed by atoms with E-state index < -0.39 is 0 Å². The molecule has 1 N–H and O–H groups in total. The molecule has 0 aromatic heterocycles. The van der Waals surface area contributed by atoms with E-state index in [1.54, 1.807) is 0 Å². The standard InChI is InChI=1S/C14H25N3O2.ClH/c18-14(13-3-1-2-10-19-13)17-8-6-16(7-9-17)12-4-5-15-11-12;/h12-13,15H,1-11H2;1H. The molecule has 3 heterocycles. The average Bonchev–Trinajstić information content (AvgIpc) is 3.02. The Bertz CT molecular complexity index is 310. The van der Waals surface area contributed by atoms with Crippen LogP contribution in [0.15, 0.2) is 0 Å². The molecular formula is C14H26ClN3O2. The largest absolute Gasteiger partial charge is 0.368 e. The van der Waals surface area contributed by atoms with E-state index in [2.05, 4.69) is 10.2 Å². The highest BCUT2D eigenvalue weighted by Gasteiger charge is 2.31. The van der Waals surface area contributed by atoms with Crippen molar-refractivity contribution < 1.29 is 9.53 Å². The minimum Gasteiger partial charge on any atom is -0.368 e. The van der Waals surface area contributed by atoms with Crippen molar-refractivity contribution in [3.63, 3.8) is 0 Å². The number of carbonyl (C=O) groups excluding carboxylic acids is 1. The Morgan fingerprint density at radius 2 is 1.90 bits per heavy atom. The quantitative estimate of drug-likeness (QED) is 0.806. The van der Waals surface area contributed by atoms with Crippen molar-refractivity contribution in [2.24, 2.45) is 0 Å². The summed E-state index contributed by atoms with van der Waals surface area (Å²) in [4.78, 5) is 16.9. The molecular weight excluding hydrogens is 278 g/mol. The van der Waals surface area contributed by atoms with Gasteiger partial charge in [-0.05, 0) is 32.2 Å². The molecule has 0 spiro atoms. The van der Waals surface area contributed by atoms with Crippen molar-refractivity contribution in [2.75, 3.05) is 45.9 Å². The third-order valence-electron chi connectivity index (χ3n) is 4.63. The van der Waals surface area contributed by atoms with Crippen molar-refractivity contribution in [1.82, 2.24) is 15.1 Å². The first-order chi connectivity index (χ1) is 9.34. The highest BCUT2D eigenvalue weighted by molar-refractivity contribution is 5.85. The number of nitrogens with one attached hydrogen (secondary N) is 1. The molecule has 0 aromatic carbocycles. The van der Waals surface area contributed by atoms with Crippen LogP contribution in [0.5, 0.6) is 0 Å². The van der Waals surface area contributed by atoms with E-state index >= 15 is 0 Å². The lowest BCUT2D eigenvalue weighted by Crippen LogP contribution is -2.54. The molecule has 3 aliphatic heterocycles. The topological polar surface area (TPSA) is 44.8 Å². The molecule has 0 bridgehead atoms. The van der Waals surface area contributed by atoms with E-state index in [-0.39, 0.29) is 24.4 Å². The third-order valence-corrected chi connectivity index (χ3v) is 4.63. The van der Waals surface area contributed by atoms with Gasteiger partial charge in [0.05, 0.1) is 0 Å². The summed E-state index contributed by atoms with van der Waals surface area (Å²) in [6.07, 6.45) is 4.23. The molecule has 0 aromatic rings. The molecule has 0 aliphatic carbocycles. The summed E-state index contributed by atoms with van der Waals surface area (Å²) in [5.74, 6) is 0.226. The Morgan fingerprint density at radius 3 is 2.50 bits per heavy atom. The Hall–Kier alpha value is -0.360. The molecule has 116 valence electrons. The first-order valence-corrected chi connectivity index (χ1v) is 7.70. The molecule has 5 nitrogen and oxygen atoms in total. The minimum absolute atomic E-state index is 0. The third kappa shape index (κ3) is 3.64. The molecule has 2 atom stereocenters.